The first-order chi connectivity index (χ1) is 12.1. The largest absolute Gasteiger partial charge is 0.382 e. The number of nitrogen functional groups attached to an aromatic ring is 1. The van der Waals surface area contributed by atoms with Gasteiger partial charge in [0.1, 0.15) is 5.82 Å². The van der Waals surface area contributed by atoms with Gasteiger partial charge < -0.3 is 15.6 Å². The molecular weight excluding hydrogens is 361 g/mol. The molecule has 1 saturated heterocycles. The monoisotopic (exact) mass is 377 g/mol. The SMILES string of the molecule is Nc1ncn(Cc2c(Cl)cncc2Cl)c2nc(C3CCNCC3)nc1-2. The Morgan fingerprint density at radius 2 is 1.88 bits per heavy atom. The quantitative estimate of drug-likeness (QED) is 0.728. The molecule has 1 fully saturated rings. The second kappa shape index (κ2) is 6.74. The fraction of sp³-hybridized carbons (Fsp3) is 0.375. The van der Waals surface area contributed by atoms with E-state index in [2.05, 4.69) is 20.3 Å². The smallest absolute Gasteiger partial charge is 0.166 e. The van der Waals surface area contributed by atoms with Gasteiger partial charge in [-0.05, 0) is 25.9 Å². The third-order valence-corrected chi connectivity index (χ3v) is 5.15. The van der Waals surface area contributed by atoms with Gasteiger partial charge in [0.15, 0.2) is 17.3 Å². The number of imidazole rings is 1. The van der Waals surface area contributed by atoms with Gasteiger partial charge in [-0.3, -0.25) is 4.98 Å². The van der Waals surface area contributed by atoms with Crippen LogP contribution in [0.5, 0.6) is 0 Å². The number of pyridine rings is 1. The lowest BCUT2D eigenvalue weighted by Gasteiger charge is -2.19. The minimum Gasteiger partial charge on any atom is -0.382 e. The minimum absolute atomic E-state index is 0.342. The molecule has 7 nitrogen and oxygen atoms in total. The lowest BCUT2D eigenvalue weighted by atomic mass is 9.98. The zero-order valence-electron chi connectivity index (χ0n) is 13.4. The van der Waals surface area contributed by atoms with E-state index < -0.39 is 0 Å². The lowest BCUT2D eigenvalue weighted by molar-refractivity contribution is 0.447. The molecule has 3 N–H and O–H groups in total. The Labute approximate surface area is 155 Å². The topological polar surface area (TPSA) is 94.5 Å². The van der Waals surface area contributed by atoms with Crippen molar-refractivity contribution in [2.24, 2.45) is 0 Å². The Morgan fingerprint density at radius 1 is 1.16 bits per heavy atom. The Balaban J connectivity index is 1.74. The van der Waals surface area contributed by atoms with Crippen molar-refractivity contribution in [1.82, 2.24) is 29.8 Å². The molecule has 4 rings (SSSR count). The summed E-state index contributed by atoms with van der Waals surface area (Å²) in [5.74, 6) is 2.25. The minimum atomic E-state index is 0.342. The van der Waals surface area contributed by atoms with Gasteiger partial charge in [-0.15, -0.1) is 0 Å². The number of piperidine rings is 1. The number of fused-ring (bicyclic) bond motifs is 1. The van der Waals surface area contributed by atoms with Crippen molar-refractivity contribution in [3.05, 3.63) is 40.2 Å². The maximum atomic E-state index is 6.24. The van der Waals surface area contributed by atoms with E-state index in [0.717, 1.165) is 37.3 Å². The summed E-state index contributed by atoms with van der Waals surface area (Å²) in [6.45, 7) is 2.38. The second-order valence-corrected chi connectivity index (χ2v) is 6.93. The summed E-state index contributed by atoms with van der Waals surface area (Å²) in [7, 11) is 0. The summed E-state index contributed by atoms with van der Waals surface area (Å²) in [4.78, 5) is 17.6. The van der Waals surface area contributed by atoms with Crippen LogP contribution in [0.3, 0.4) is 0 Å². The van der Waals surface area contributed by atoms with Gasteiger partial charge in [-0.1, -0.05) is 23.2 Å². The maximum Gasteiger partial charge on any atom is 0.166 e. The molecular formula is C16H17Cl2N7. The number of nitrogens with two attached hydrogens (primary N) is 1. The number of anilines is 1. The average Bonchev–Trinajstić information content (AvgIpc) is 3.07. The number of hydrogen-bond donors (Lipinski definition) is 2. The molecule has 0 saturated carbocycles. The maximum absolute atomic E-state index is 6.24. The fourth-order valence-electron chi connectivity index (χ4n) is 3.11. The van der Waals surface area contributed by atoms with Crippen molar-refractivity contribution >= 4 is 29.0 Å². The van der Waals surface area contributed by atoms with Crippen LogP contribution in [0.25, 0.3) is 11.5 Å². The molecule has 0 aromatic carbocycles. The van der Waals surface area contributed by atoms with Crippen LogP contribution in [-0.2, 0) is 6.54 Å². The number of aromatic nitrogens is 5. The molecule has 0 spiro atoms. The van der Waals surface area contributed by atoms with Crippen molar-refractivity contribution < 1.29 is 0 Å². The highest BCUT2D eigenvalue weighted by molar-refractivity contribution is 6.35. The molecule has 3 aliphatic rings. The van der Waals surface area contributed by atoms with Gasteiger partial charge in [-0.2, -0.15) is 0 Å². The van der Waals surface area contributed by atoms with Crippen molar-refractivity contribution in [2.45, 2.75) is 25.3 Å². The molecule has 0 amide bonds. The average molecular weight is 378 g/mol. The number of halogens is 2. The third-order valence-electron chi connectivity index (χ3n) is 4.49. The van der Waals surface area contributed by atoms with Crippen molar-refractivity contribution in [2.75, 3.05) is 18.8 Å². The van der Waals surface area contributed by atoms with Crippen molar-refractivity contribution in [1.29, 1.82) is 0 Å². The fourth-order valence-corrected chi connectivity index (χ4v) is 3.59. The molecule has 0 aliphatic carbocycles. The van der Waals surface area contributed by atoms with Crippen LogP contribution in [-0.4, -0.2) is 37.6 Å². The number of nitrogens with zero attached hydrogens (tertiary/aromatic N) is 5. The number of rotatable bonds is 3. The van der Waals surface area contributed by atoms with Gasteiger partial charge in [0.25, 0.3) is 0 Å². The van der Waals surface area contributed by atoms with Gasteiger partial charge in [0, 0.05) is 23.9 Å². The molecule has 4 heterocycles. The first-order valence-electron chi connectivity index (χ1n) is 8.10. The van der Waals surface area contributed by atoms with Crippen LogP contribution in [0.2, 0.25) is 10.0 Å². The Bertz CT molecular complexity index is 853. The predicted octanol–water partition coefficient (Wildman–Crippen LogP) is 2.58. The molecule has 0 radical (unpaired) electrons. The first-order valence-corrected chi connectivity index (χ1v) is 8.86. The third kappa shape index (κ3) is 3.15. The van der Waals surface area contributed by atoms with Crippen LogP contribution in [0, 0.1) is 0 Å². The number of hydrogen-bond acceptors (Lipinski definition) is 6. The van der Waals surface area contributed by atoms with Crippen LogP contribution >= 0.6 is 23.2 Å². The van der Waals surface area contributed by atoms with E-state index in [1.807, 2.05) is 4.57 Å². The summed E-state index contributed by atoms with van der Waals surface area (Å²) in [5.41, 5.74) is 7.41. The van der Waals surface area contributed by atoms with Gasteiger partial charge >= 0.3 is 0 Å². The predicted molar refractivity (Wildman–Crippen MR) is 97.1 cm³/mol. The molecule has 1 aromatic heterocycles. The van der Waals surface area contributed by atoms with Crippen LogP contribution in [0.15, 0.2) is 18.7 Å². The molecule has 0 unspecified atom stereocenters. The van der Waals surface area contributed by atoms with Gasteiger partial charge in [0.2, 0.25) is 0 Å². The normalized spacial score (nSPS) is 15.8. The van der Waals surface area contributed by atoms with E-state index in [1.165, 1.54) is 0 Å². The first kappa shape index (κ1) is 16.5. The molecule has 0 bridgehead atoms. The Kier molecular flexibility index (Phi) is 4.45. The molecule has 0 atom stereocenters. The highest BCUT2D eigenvalue weighted by Gasteiger charge is 2.25. The van der Waals surface area contributed by atoms with E-state index in [1.54, 1.807) is 18.7 Å². The Hall–Kier alpha value is -1.96. The summed E-state index contributed by atoms with van der Waals surface area (Å²) in [5, 5.41) is 4.36. The van der Waals surface area contributed by atoms with Crippen LogP contribution < -0.4 is 11.1 Å². The van der Waals surface area contributed by atoms with E-state index in [-0.39, 0.29) is 0 Å². The summed E-state index contributed by atoms with van der Waals surface area (Å²) < 4.78 is 1.87. The molecule has 25 heavy (non-hydrogen) atoms. The second-order valence-electron chi connectivity index (χ2n) is 6.12. The zero-order valence-corrected chi connectivity index (χ0v) is 14.9. The van der Waals surface area contributed by atoms with Crippen molar-refractivity contribution in [3.63, 3.8) is 0 Å². The van der Waals surface area contributed by atoms with Crippen molar-refractivity contribution in [3.8, 4) is 11.5 Å². The summed E-state index contributed by atoms with van der Waals surface area (Å²) in [6.07, 6.45) is 6.83. The summed E-state index contributed by atoms with van der Waals surface area (Å²) >= 11 is 12.5. The number of nitrogens with one attached hydrogen (secondary N) is 1. The standard InChI is InChI=1S/C16H17Cl2N7/c17-11-5-21-6-12(18)10(11)7-25-8-22-14(19)13-16(25)24-15(23-13)9-1-3-20-4-2-9/h5-6,8-9,20H,1-4,7,19H2. The highest BCUT2D eigenvalue weighted by atomic mass is 35.5. The van der Waals surface area contributed by atoms with Crippen LogP contribution in [0.1, 0.15) is 30.1 Å². The summed E-state index contributed by atoms with van der Waals surface area (Å²) in [6, 6.07) is 0. The van der Waals surface area contributed by atoms with Crippen LogP contribution in [0.4, 0.5) is 5.82 Å². The Morgan fingerprint density at radius 3 is 2.60 bits per heavy atom. The molecule has 1 aromatic rings. The van der Waals surface area contributed by atoms with Gasteiger partial charge in [-0.25, -0.2) is 15.0 Å². The van der Waals surface area contributed by atoms with E-state index >= 15 is 0 Å². The molecule has 9 heteroatoms. The molecule has 3 aliphatic heterocycles. The van der Waals surface area contributed by atoms with E-state index in [9.17, 15) is 0 Å². The zero-order chi connectivity index (χ0) is 17.4. The van der Waals surface area contributed by atoms with Gasteiger partial charge in [0.05, 0.1) is 22.9 Å². The van der Waals surface area contributed by atoms with E-state index in [4.69, 9.17) is 33.9 Å². The lowest BCUT2D eigenvalue weighted by Crippen LogP contribution is -2.27. The van der Waals surface area contributed by atoms with E-state index in [0.29, 0.717) is 39.8 Å². The molecule has 130 valence electrons. The highest BCUT2D eigenvalue weighted by Crippen LogP contribution is 2.31.